The van der Waals surface area contributed by atoms with Crippen LogP contribution in [0.15, 0.2) is 97.0 Å². The maximum atomic E-state index is 4.67. The topological polar surface area (TPSA) is 69.4 Å². The van der Waals surface area contributed by atoms with Crippen LogP contribution in [0.4, 0.5) is 0 Å². The summed E-state index contributed by atoms with van der Waals surface area (Å²) < 4.78 is 0. The number of rotatable bonds is 9. The molecule has 0 atom stereocenters. The fourth-order valence-corrected chi connectivity index (χ4v) is 5.35. The Labute approximate surface area is 221 Å². The molecule has 0 unspecified atom stereocenters. The smallest absolute Gasteiger partial charge is 0.116 e. The molecule has 6 heteroatoms. The number of aromatic nitrogens is 4. The predicted octanol–water partition coefficient (Wildman–Crippen LogP) is 8.46. The van der Waals surface area contributed by atoms with Gasteiger partial charge >= 0.3 is 0 Å². The third kappa shape index (κ3) is 5.06. The summed E-state index contributed by atoms with van der Waals surface area (Å²) >= 11 is 1.72. The van der Waals surface area contributed by atoms with Gasteiger partial charge in [-0.1, -0.05) is 45.2 Å². The number of pyridine rings is 1. The van der Waals surface area contributed by atoms with E-state index < -0.39 is 0 Å². The van der Waals surface area contributed by atoms with Crippen molar-refractivity contribution < 1.29 is 0 Å². The van der Waals surface area contributed by atoms with Crippen LogP contribution in [0.25, 0.3) is 49.2 Å². The summed E-state index contributed by atoms with van der Waals surface area (Å²) in [5.41, 5.74) is 9.06. The molecule has 37 heavy (non-hydrogen) atoms. The van der Waals surface area contributed by atoms with Crippen LogP contribution in [-0.2, 0) is 0 Å². The maximum Gasteiger partial charge on any atom is 0.116 e. The minimum absolute atomic E-state index is 0.538. The van der Waals surface area contributed by atoms with Gasteiger partial charge in [0, 0.05) is 38.8 Å². The number of H-pyrrole nitrogens is 2. The van der Waals surface area contributed by atoms with Gasteiger partial charge in [-0.25, -0.2) is 0 Å². The van der Waals surface area contributed by atoms with Crippen molar-refractivity contribution in [3.63, 3.8) is 0 Å². The summed E-state index contributed by atoms with van der Waals surface area (Å²) in [4.78, 5) is 9.19. The second-order valence-electron chi connectivity index (χ2n) is 9.52. The molecule has 186 valence electrons. The molecule has 5 nitrogen and oxygen atoms in total. The second kappa shape index (κ2) is 10.4. The summed E-state index contributed by atoms with van der Waals surface area (Å²) in [6, 6.07) is 12.7. The summed E-state index contributed by atoms with van der Waals surface area (Å²) in [6.45, 7) is 14.6. The molecule has 0 spiro atoms. The molecule has 1 aromatic carbocycles. The Kier molecular flexibility index (Phi) is 6.93. The van der Waals surface area contributed by atoms with Gasteiger partial charge in [0.1, 0.15) is 5.69 Å². The Bertz CT molecular complexity index is 1640. The van der Waals surface area contributed by atoms with Gasteiger partial charge in [0.05, 0.1) is 22.9 Å². The van der Waals surface area contributed by atoms with Crippen LogP contribution in [-0.4, -0.2) is 20.2 Å². The average Bonchev–Trinajstić information content (AvgIpc) is 3.64. The molecular weight excluding hydrogens is 474 g/mol. The molecule has 0 aliphatic carbocycles. The highest BCUT2D eigenvalue weighted by Gasteiger charge is 2.15. The molecule has 3 N–H and O–H groups in total. The number of benzene rings is 1. The second-order valence-corrected chi connectivity index (χ2v) is 10.5. The molecule has 0 aliphatic heterocycles. The standard InChI is InChI=1S/C31H31N5S/c1-6-21(14-23(7-2)33-20(5)13-19(3)4)22-10-11-27-25(15-22)31(36-35-27)28-16-24-26(30-9-8-12-37-30)17-32-18-29(24)34-28/h6-12,14-19,33-34H,2,5,13H2,1,3-4H3,(H,35,36)/b21-6+,23-14+. The molecule has 0 bridgehead atoms. The van der Waals surface area contributed by atoms with Gasteiger partial charge < -0.3 is 10.3 Å². The van der Waals surface area contributed by atoms with Crippen LogP contribution in [0.1, 0.15) is 32.8 Å². The van der Waals surface area contributed by atoms with Crippen LogP contribution in [0.5, 0.6) is 0 Å². The molecule has 5 aromatic rings. The van der Waals surface area contributed by atoms with E-state index in [2.05, 4.69) is 106 Å². The number of hydrogen-bond donors (Lipinski definition) is 3. The number of hydrogen-bond acceptors (Lipinski definition) is 4. The number of aromatic amines is 2. The highest BCUT2D eigenvalue weighted by atomic mass is 32.1. The fraction of sp³-hybridized carbons (Fsp3) is 0.161. The molecule has 0 amide bonds. The van der Waals surface area contributed by atoms with Crippen LogP contribution in [0, 0.1) is 5.92 Å². The van der Waals surface area contributed by atoms with Gasteiger partial charge in [-0.3, -0.25) is 10.1 Å². The zero-order valence-electron chi connectivity index (χ0n) is 21.4. The van der Waals surface area contributed by atoms with E-state index in [-0.39, 0.29) is 0 Å². The third-order valence-corrected chi connectivity index (χ3v) is 7.20. The van der Waals surface area contributed by atoms with E-state index in [1.54, 1.807) is 11.3 Å². The molecule has 0 radical (unpaired) electrons. The van der Waals surface area contributed by atoms with Gasteiger partial charge in [-0.2, -0.15) is 5.10 Å². The van der Waals surface area contributed by atoms with Crippen LogP contribution in [0.3, 0.4) is 0 Å². The molecule has 0 saturated carbocycles. The Morgan fingerprint density at radius 1 is 1.14 bits per heavy atom. The Hall–Kier alpha value is -4.16. The fourth-order valence-electron chi connectivity index (χ4n) is 4.60. The Morgan fingerprint density at radius 3 is 2.73 bits per heavy atom. The van der Waals surface area contributed by atoms with Crippen molar-refractivity contribution in [3.8, 4) is 21.8 Å². The highest BCUT2D eigenvalue weighted by molar-refractivity contribution is 7.13. The van der Waals surface area contributed by atoms with Gasteiger partial charge in [-0.05, 0) is 72.2 Å². The first kappa shape index (κ1) is 24.5. The van der Waals surface area contributed by atoms with Gasteiger partial charge in [0.25, 0.3) is 0 Å². The highest BCUT2D eigenvalue weighted by Crippen LogP contribution is 2.35. The molecule has 0 saturated heterocycles. The average molecular weight is 506 g/mol. The number of fused-ring (bicyclic) bond motifs is 2. The van der Waals surface area contributed by atoms with E-state index in [0.29, 0.717) is 5.92 Å². The lowest BCUT2D eigenvalue weighted by Gasteiger charge is -2.13. The molecular formula is C31H31N5S. The monoisotopic (exact) mass is 505 g/mol. The van der Waals surface area contributed by atoms with Gasteiger partial charge in [-0.15, -0.1) is 11.3 Å². The molecule has 0 fully saturated rings. The Balaban J connectivity index is 1.52. The minimum Gasteiger partial charge on any atom is -0.359 e. The largest absolute Gasteiger partial charge is 0.359 e. The predicted molar refractivity (Wildman–Crippen MR) is 158 cm³/mol. The molecule has 5 rings (SSSR count). The van der Waals surface area contributed by atoms with Crippen molar-refractivity contribution in [1.82, 2.24) is 25.5 Å². The summed E-state index contributed by atoms with van der Waals surface area (Å²) in [6.07, 6.45) is 10.8. The third-order valence-electron chi connectivity index (χ3n) is 6.30. The van der Waals surface area contributed by atoms with Crippen LogP contribution in [0.2, 0.25) is 0 Å². The van der Waals surface area contributed by atoms with Crippen molar-refractivity contribution in [2.75, 3.05) is 0 Å². The minimum atomic E-state index is 0.538. The summed E-state index contributed by atoms with van der Waals surface area (Å²) in [7, 11) is 0. The zero-order chi connectivity index (χ0) is 25.9. The Morgan fingerprint density at radius 2 is 2.00 bits per heavy atom. The lowest BCUT2D eigenvalue weighted by Crippen LogP contribution is -2.12. The van der Waals surface area contributed by atoms with Crippen molar-refractivity contribution in [1.29, 1.82) is 0 Å². The first-order chi connectivity index (χ1) is 18.0. The van der Waals surface area contributed by atoms with Crippen molar-refractivity contribution in [2.24, 2.45) is 5.92 Å². The molecule has 4 heterocycles. The van der Waals surface area contributed by atoms with Crippen molar-refractivity contribution in [2.45, 2.75) is 27.2 Å². The zero-order valence-corrected chi connectivity index (χ0v) is 22.2. The van der Waals surface area contributed by atoms with Crippen molar-refractivity contribution in [3.05, 3.63) is 103 Å². The van der Waals surface area contributed by atoms with E-state index in [4.69, 9.17) is 0 Å². The van der Waals surface area contributed by atoms with E-state index in [1.165, 1.54) is 4.88 Å². The quantitative estimate of drug-likeness (QED) is 0.176. The van der Waals surface area contributed by atoms with E-state index >= 15 is 0 Å². The first-order valence-corrected chi connectivity index (χ1v) is 13.3. The number of nitrogens with one attached hydrogen (secondary N) is 3. The van der Waals surface area contributed by atoms with Crippen LogP contribution < -0.4 is 5.32 Å². The van der Waals surface area contributed by atoms with E-state index in [9.17, 15) is 0 Å². The van der Waals surface area contributed by atoms with Gasteiger partial charge in [0.2, 0.25) is 0 Å². The van der Waals surface area contributed by atoms with E-state index in [0.717, 1.165) is 67.7 Å². The summed E-state index contributed by atoms with van der Waals surface area (Å²) in [5.74, 6) is 0.538. The molecule has 0 aliphatic rings. The van der Waals surface area contributed by atoms with Gasteiger partial charge in [0.15, 0.2) is 0 Å². The lowest BCUT2D eigenvalue weighted by molar-refractivity contribution is 0.622. The summed E-state index contributed by atoms with van der Waals surface area (Å²) in [5, 5.41) is 15.6. The van der Waals surface area contributed by atoms with Crippen molar-refractivity contribution >= 4 is 38.7 Å². The molecule has 4 aromatic heterocycles. The SMILES string of the molecule is C=C/C(=C\C(=C/C)c1ccc2[nH]nc(-c3cc4c(-c5cccs5)cncc4[nH]3)c2c1)NC(=C)CC(C)C. The van der Waals surface area contributed by atoms with Crippen LogP contribution >= 0.6 is 11.3 Å². The number of allylic oxidation sites excluding steroid dienone is 5. The maximum absolute atomic E-state index is 4.67. The lowest BCUT2D eigenvalue weighted by atomic mass is 10.0. The number of thiophene rings is 1. The van der Waals surface area contributed by atoms with E-state index in [1.807, 2.05) is 25.4 Å². The normalized spacial score (nSPS) is 12.5. The number of nitrogens with zero attached hydrogens (tertiary/aromatic N) is 2. The first-order valence-electron chi connectivity index (χ1n) is 12.4.